The van der Waals surface area contributed by atoms with Gasteiger partial charge in [0.1, 0.15) is 6.04 Å². The Bertz CT molecular complexity index is 663. The maximum atomic E-state index is 12.1. The molecule has 0 aliphatic heterocycles. The van der Waals surface area contributed by atoms with E-state index in [1.165, 1.54) is 6.20 Å². The van der Waals surface area contributed by atoms with Crippen molar-refractivity contribution in [3.05, 3.63) is 34.3 Å². The molecule has 2 heterocycles. The van der Waals surface area contributed by atoms with E-state index in [9.17, 15) is 9.59 Å². The lowest BCUT2D eigenvalue weighted by molar-refractivity contribution is -0.139. The third-order valence-corrected chi connectivity index (χ3v) is 4.40. The molecule has 22 heavy (non-hydrogen) atoms. The van der Waals surface area contributed by atoms with Crippen LogP contribution in [0.25, 0.3) is 0 Å². The number of carbonyl (C=O) groups is 2. The first kappa shape index (κ1) is 14.7. The van der Waals surface area contributed by atoms with Crippen molar-refractivity contribution in [2.45, 2.75) is 31.8 Å². The third-order valence-electron chi connectivity index (χ3n) is 3.54. The monoisotopic (exact) mass is 320 g/mol. The standard InChI is InChI=1S/C14H16N4O3S/c19-13(15-11(14(20)21)6-9-3-4-9)12-8-18(17-16-12)7-10-2-1-5-22-10/h1-2,5,8-9,11H,3-4,6-7H2,(H,15,19)(H,20,21). The van der Waals surface area contributed by atoms with Gasteiger partial charge in [-0.25, -0.2) is 9.48 Å². The Hall–Kier alpha value is -2.22. The van der Waals surface area contributed by atoms with E-state index in [1.54, 1.807) is 16.0 Å². The summed E-state index contributed by atoms with van der Waals surface area (Å²) >= 11 is 1.60. The lowest BCUT2D eigenvalue weighted by Crippen LogP contribution is -2.41. The number of carboxylic acids is 1. The van der Waals surface area contributed by atoms with Gasteiger partial charge in [0.05, 0.1) is 12.7 Å². The number of carboxylic acid groups (broad SMARTS) is 1. The minimum Gasteiger partial charge on any atom is -0.480 e. The summed E-state index contributed by atoms with van der Waals surface area (Å²) in [4.78, 5) is 24.4. The molecule has 0 radical (unpaired) electrons. The number of nitrogens with zero attached hydrogens (tertiary/aromatic N) is 3. The molecule has 0 spiro atoms. The van der Waals surface area contributed by atoms with Crippen LogP contribution in [0.2, 0.25) is 0 Å². The molecule has 1 amide bonds. The van der Waals surface area contributed by atoms with Crippen molar-refractivity contribution in [3.63, 3.8) is 0 Å². The molecule has 0 aromatic carbocycles. The first-order valence-corrected chi connectivity index (χ1v) is 7.96. The number of rotatable bonds is 7. The van der Waals surface area contributed by atoms with Crippen LogP contribution in [0, 0.1) is 5.92 Å². The van der Waals surface area contributed by atoms with Crippen LogP contribution in [0.3, 0.4) is 0 Å². The molecular weight excluding hydrogens is 304 g/mol. The normalized spacial score (nSPS) is 15.5. The Morgan fingerprint density at radius 2 is 2.32 bits per heavy atom. The van der Waals surface area contributed by atoms with E-state index in [1.807, 2.05) is 17.5 Å². The molecule has 1 unspecified atom stereocenters. The smallest absolute Gasteiger partial charge is 0.326 e. The van der Waals surface area contributed by atoms with Gasteiger partial charge in [-0.15, -0.1) is 16.4 Å². The first-order chi connectivity index (χ1) is 10.6. The van der Waals surface area contributed by atoms with Crippen molar-refractivity contribution >= 4 is 23.2 Å². The predicted molar refractivity (Wildman–Crippen MR) is 79.7 cm³/mol. The molecule has 1 aliphatic carbocycles. The van der Waals surface area contributed by atoms with Gasteiger partial charge in [0.15, 0.2) is 5.69 Å². The largest absolute Gasteiger partial charge is 0.480 e. The Morgan fingerprint density at radius 1 is 1.50 bits per heavy atom. The summed E-state index contributed by atoms with van der Waals surface area (Å²) in [6, 6.07) is 3.06. The van der Waals surface area contributed by atoms with E-state index in [-0.39, 0.29) is 5.69 Å². The van der Waals surface area contributed by atoms with E-state index < -0.39 is 17.9 Å². The summed E-state index contributed by atoms with van der Waals surface area (Å²) in [6.45, 7) is 0.544. The second kappa shape index (κ2) is 6.27. The number of nitrogens with one attached hydrogen (secondary N) is 1. The van der Waals surface area contributed by atoms with Crippen molar-refractivity contribution in [2.75, 3.05) is 0 Å². The molecule has 2 N–H and O–H groups in total. The zero-order chi connectivity index (χ0) is 15.5. The molecule has 2 aromatic heterocycles. The topological polar surface area (TPSA) is 97.1 Å². The minimum atomic E-state index is -1.01. The average molecular weight is 320 g/mol. The lowest BCUT2D eigenvalue weighted by atomic mass is 10.1. The highest BCUT2D eigenvalue weighted by Gasteiger charge is 2.30. The van der Waals surface area contributed by atoms with Crippen LogP contribution in [0.15, 0.2) is 23.7 Å². The Kier molecular flexibility index (Phi) is 4.19. The van der Waals surface area contributed by atoms with Crippen LogP contribution >= 0.6 is 11.3 Å². The van der Waals surface area contributed by atoms with Gasteiger partial charge in [0, 0.05) is 4.88 Å². The molecular formula is C14H16N4O3S. The molecule has 2 aromatic rings. The summed E-state index contributed by atoms with van der Waals surface area (Å²) in [6.07, 6.45) is 4.09. The zero-order valence-corrected chi connectivity index (χ0v) is 12.6. The Balaban J connectivity index is 1.61. The van der Waals surface area contributed by atoms with E-state index >= 15 is 0 Å². The molecule has 1 aliphatic rings. The van der Waals surface area contributed by atoms with E-state index in [0.717, 1.165) is 17.7 Å². The van der Waals surface area contributed by atoms with Gasteiger partial charge in [-0.05, 0) is 23.8 Å². The number of aromatic nitrogens is 3. The number of carbonyl (C=O) groups excluding carboxylic acids is 1. The second-order valence-corrected chi connectivity index (χ2v) is 6.46. The maximum absolute atomic E-state index is 12.1. The highest BCUT2D eigenvalue weighted by Crippen LogP contribution is 2.33. The molecule has 116 valence electrons. The fourth-order valence-corrected chi connectivity index (χ4v) is 2.88. The van der Waals surface area contributed by atoms with Crippen LogP contribution in [0.5, 0.6) is 0 Å². The Labute approximate surface area is 131 Å². The van der Waals surface area contributed by atoms with Crippen molar-refractivity contribution < 1.29 is 14.7 Å². The van der Waals surface area contributed by atoms with Crippen molar-refractivity contribution in [3.8, 4) is 0 Å². The fourth-order valence-electron chi connectivity index (χ4n) is 2.18. The van der Waals surface area contributed by atoms with Gasteiger partial charge in [0.25, 0.3) is 5.91 Å². The SMILES string of the molecule is O=C(NC(CC1CC1)C(=O)O)c1cn(Cc2cccs2)nn1. The number of thiophene rings is 1. The van der Waals surface area contributed by atoms with Crippen molar-refractivity contribution in [2.24, 2.45) is 5.92 Å². The van der Waals surface area contributed by atoms with Crippen molar-refractivity contribution in [1.82, 2.24) is 20.3 Å². The van der Waals surface area contributed by atoms with Gasteiger partial charge in [-0.1, -0.05) is 24.1 Å². The first-order valence-electron chi connectivity index (χ1n) is 7.08. The van der Waals surface area contributed by atoms with Gasteiger partial charge < -0.3 is 10.4 Å². The van der Waals surface area contributed by atoms with Crippen LogP contribution in [0.4, 0.5) is 0 Å². The summed E-state index contributed by atoms with van der Waals surface area (Å²) < 4.78 is 1.57. The maximum Gasteiger partial charge on any atom is 0.326 e. The van der Waals surface area contributed by atoms with Gasteiger partial charge in [-0.2, -0.15) is 0 Å². The number of amides is 1. The molecule has 3 rings (SSSR count). The van der Waals surface area contributed by atoms with Gasteiger partial charge >= 0.3 is 5.97 Å². The summed E-state index contributed by atoms with van der Waals surface area (Å²) in [5, 5.41) is 21.4. The molecule has 1 fully saturated rings. The third kappa shape index (κ3) is 3.70. The van der Waals surface area contributed by atoms with Crippen LogP contribution in [-0.4, -0.2) is 38.0 Å². The summed E-state index contributed by atoms with van der Waals surface area (Å²) in [5.74, 6) is -1.09. The van der Waals surface area contributed by atoms with E-state index in [4.69, 9.17) is 5.11 Å². The number of aliphatic carboxylic acids is 1. The van der Waals surface area contributed by atoms with Crippen LogP contribution in [0.1, 0.15) is 34.6 Å². The molecule has 0 bridgehead atoms. The van der Waals surface area contributed by atoms with Crippen LogP contribution < -0.4 is 5.32 Å². The van der Waals surface area contributed by atoms with Gasteiger partial charge in [0.2, 0.25) is 0 Å². The summed E-state index contributed by atoms with van der Waals surface area (Å²) in [5.41, 5.74) is 0.138. The average Bonchev–Trinajstić information content (AvgIpc) is 2.97. The fraction of sp³-hybridized carbons (Fsp3) is 0.429. The second-order valence-electron chi connectivity index (χ2n) is 5.42. The number of hydrogen-bond donors (Lipinski definition) is 2. The summed E-state index contributed by atoms with van der Waals surface area (Å²) in [7, 11) is 0. The minimum absolute atomic E-state index is 0.138. The quantitative estimate of drug-likeness (QED) is 0.803. The zero-order valence-electron chi connectivity index (χ0n) is 11.8. The lowest BCUT2D eigenvalue weighted by Gasteiger charge is -2.12. The molecule has 7 nitrogen and oxygen atoms in total. The van der Waals surface area contributed by atoms with Gasteiger partial charge in [-0.3, -0.25) is 4.79 Å². The highest BCUT2D eigenvalue weighted by molar-refractivity contribution is 7.09. The molecule has 0 saturated heterocycles. The van der Waals surface area contributed by atoms with Crippen LogP contribution in [-0.2, 0) is 11.3 Å². The molecule has 8 heteroatoms. The predicted octanol–water partition coefficient (Wildman–Crippen LogP) is 1.37. The van der Waals surface area contributed by atoms with E-state index in [0.29, 0.717) is 18.9 Å². The highest BCUT2D eigenvalue weighted by atomic mass is 32.1. The molecule has 1 saturated carbocycles. The molecule has 1 atom stereocenters. The number of hydrogen-bond acceptors (Lipinski definition) is 5. The van der Waals surface area contributed by atoms with E-state index in [2.05, 4.69) is 15.6 Å². The van der Waals surface area contributed by atoms with Crippen molar-refractivity contribution in [1.29, 1.82) is 0 Å². The Morgan fingerprint density at radius 3 is 2.95 bits per heavy atom.